The third kappa shape index (κ3) is 6.75. The highest BCUT2D eigenvalue weighted by molar-refractivity contribution is 7.93. The summed E-state index contributed by atoms with van der Waals surface area (Å²) in [6, 6.07) is 7.85. The summed E-state index contributed by atoms with van der Waals surface area (Å²) >= 11 is 0. The van der Waals surface area contributed by atoms with E-state index in [0.717, 1.165) is 30.1 Å². The van der Waals surface area contributed by atoms with Crippen molar-refractivity contribution in [3.05, 3.63) is 47.4 Å². The van der Waals surface area contributed by atoms with E-state index in [0.29, 0.717) is 0 Å². The van der Waals surface area contributed by atoms with Gasteiger partial charge in [-0.2, -0.15) is 13.2 Å². The summed E-state index contributed by atoms with van der Waals surface area (Å²) < 4.78 is 61.7. The summed E-state index contributed by atoms with van der Waals surface area (Å²) in [6.45, 7) is 0.222. The number of hydrogen-bond donors (Lipinski definition) is 1. The Labute approximate surface area is 175 Å². The summed E-state index contributed by atoms with van der Waals surface area (Å²) in [7, 11) is -3.32. The van der Waals surface area contributed by atoms with Crippen molar-refractivity contribution in [3.8, 4) is 0 Å². The van der Waals surface area contributed by atoms with E-state index in [1.54, 1.807) is 17.0 Å². The molecule has 1 aromatic rings. The number of rotatable bonds is 6. The van der Waals surface area contributed by atoms with Gasteiger partial charge in [0.15, 0.2) is 9.84 Å². The zero-order valence-electron chi connectivity index (χ0n) is 16.8. The van der Waals surface area contributed by atoms with Gasteiger partial charge in [-0.05, 0) is 43.1 Å². The summed E-state index contributed by atoms with van der Waals surface area (Å²) in [5.74, 6) is -0.353. The largest absolute Gasteiger partial charge is 0.389 e. The topological polar surface area (TPSA) is 66.5 Å². The molecule has 3 rings (SSSR count). The van der Waals surface area contributed by atoms with Gasteiger partial charge in [0.05, 0.1) is 12.1 Å². The number of amides is 2. The maximum absolute atomic E-state index is 13.1. The Bertz CT molecular complexity index is 867. The van der Waals surface area contributed by atoms with Gasteiger partial charge in [0, 0.05) is 24.6 Å². The van der Waals surface area contributed by atoms with Crippen molar-refractivity contribution in [1.29, 1.82) is 0 Å². The lowest BCUT2D eigenvalue weighted by molar-refractivity contribution is -0.148. The number of urea groups is 1. The minimum atomic E-state index is -4.23. The normalized spacial score (nSPS) is 24.1. The third-order valence-corrected chi connectivity index (χ3v) is 6.28. The summed E-state index contributed by atoms with van der Waals surface area (Å²) in [5, 5.41) is 4.00. The number of nitrogens with one attached hydrogen (secondary N) is 1. The molecule has 5 nitrogen and oxygen atoms in total. The lowest BCUT2D eigenvalue weighted by Crippen LogP contribution is -2.49. The number of hydrogen-bond acceptors (Lipinski definition) is 3. The molecular weight excluding hydrogens is 417 g/mol. The molecule has 2 fully saturated rings. The average Bonchev–Trinajstić information content (AvgIpc) is 3.48. The number of likely N-dealkylation sites (tertiary alicyclic amines) is 1. The standard InChI is InChI=1S/C21H27F3N2O3S/c1-30(28,29)12-10-18(16-7-8-16)25-20(27)26-11-9-15(14-21(22,23)24)13-19(26)17-5-3-2-4-6-17/h2-6,10,12,15-16,18-19H,7-9,11,13-14H2,1H3,(H,25,27)/b12-10+/t15-,18-,19+/m1/s1. The summed E-state index contributed by atoms with van der Waals surface area (Å²) in [5.41, 5.74) is 0.800. The highest BCUT2D eigenvalue weighted by Gasteiger charge is 2.40. The van der Waals surface area contributed by atoms with Crippen LogP contribution in [0, 0.1) is 11.8 Å². The molecule has 1 N–H and O–H groups in total. The molecule has 0 unspecified atom stereocenters. The fourth-order valence-corrected chi connectivity index (χ4v) is 4.47. The van der Waals surface area contributed by atoms with Crippen LogP contribution in [-0.2, 0) is 9.84 Å². The minimum absolute atomic E-state index is 0.185. The van der Waals surface area contributed by atoms with Gasteiger partial charge in [-0.3, -0.25) is 0 Å². The third-order valence-electron chi connectivity index (χ3n) is 5.63. The number of sulfone groups is 1. The van der Waals surface area contributed by atoms with E-state index in [9.17, 15) is 26.4 Å². The molecule has 1 aromatic carbocycles. The van der Waals surface area contributed by atoms with Gasteiger partial charge in [-0.25, -0.2) is 13.2 Å². The highest BCUT2D eigenvalue weighted by Crippen LogP contribution is 2.40. The van der Waals surface area contributed by atoms with Crippen LogP contribution >= 0.6 is 0 Å². The predicted octanol–water partition coefficient (Wildman–Crippen LogP) is 4.44. The van der Waals surface area contributed by atoms with Crippen LogP contribution in [0.3, 0.4) is 0 Å². The first kappa shape index (κ1) is 22.7. The van der Waals surface area contributed by atoms with Crippen LogP contribution in [0.4, 0.5) is 18.0 Å². The molecule has 1 aliphatic carbocycles. The smallest absolute Gasteiger partial charge is 0.331 e. The van der Waals surface area contributed by atoms with Crippen LogP contribution in [0.25, 0.3) is 0 Å². The monoisotopic (exact) mass is 444 g/mol. The summed E-state index contributed by atoms with van der Waals surface area (Å²) in [4.78, 5) is 14.6. The number of benzene rings is 1. The van der Waals surface area contributed by atoms with Crippen molar-refractivity contribution in [2.24, 2.45) is 11.8 Å². The SMILES string of the molecule is CS(=O)(=O)/C=C/[C@@H](NC(=O)N1CC[C@@H](CC(F)(F)F)C[C@H]1c1ccccc1)C1CC1. The quantitative estimate of drug-likeness (QED) is 0.706. The molecule has 1 saturated carbocycles. The highest BCUT2D eigenvalue weighted by atomic mass is 32.2. The van der Waals surface area contributed by atoms with Crippen LogP contribution in [0.2, 0.25) is 0 Å². The fourth-order valence-electron chi connectivity index (χ4n) is 4.02. The maximum Gasteiger partial charge on any atom is 0.389 e. The minimum Gasteiger partial charge on any atom is -0.331 e. The average molecular weight is 445 g/mol. The number of halogens is 3. The van der Waals surface area contributed by atoms with Gasteiger partial charge in [0.1, 0.15) is 0 Å². The first-order chi connectivity index (χ1) is 14.0. The second-order valence-electron chi connectivity index (χ2n) is 8.30. The molecule has 166 valence electrons. The van der Waals surface area contributed by atoms with Crippen LogP contribution in [0.15, 0.2) is 41.8 Å². The van der Waals surface area contributed by atoms with E-state index < -0.39 is 40.4 Å². The van der Waals surface area contributed by atoms with Crippen molar-refractivity contribution < 1.29 is 26.4 Å². The van der Waals surface area contributed by atoms with Crippen molar-refractivity contribution >= 4 is 15.9 Å². The van der Waals surface area contributed by atoms with Gasteiger partial charge in [0.2, 0.25) is 0 Å². The van der Waals surface area contributed by atoms with E-state index in [1.165, 1.54) is 6.08 Å². The van der Waals surface area contributed by atoms with Crippen molar-refractivity contribution in [2.45, 2.75) is 50.4 Å². The van der Waals surface area contributed by atoms with Crippen LogP contribution in [0.1, 0.15) is 43.7 Å². The lowest BCUT2D eigenvalue weighted by Gasteiger charge is -2.40. The fraction of sp³-hybridized carbons (Fsp3) is 0.571. The molecule has 2 aliphatic rings. The Morgan fingerprint density at radius 1 is 1.23 bits per heavy atom. The molecule has 0 bridgehead atoms. The first-order valence-electron chi connectivity index (χ1n) is 10.1. The number of nitrogens with zero attached hydrogens (tertiary/aromatic N) is 1. The number of carbonyl (C=O) groups is 1. The van der Waals surface area contributed by atoms with Crippen molar-refractivity contribution in [2.75, 3.05) is 12.8 Å². The molecule has 30 heavy (non-hydrogen) atoms. The first-order valence-corrected chi connectivity index (χ1v) is 12.0. The van der Waals surface area contributed by atoms with Gasteiger partial charge in [-0.1, -0.05) is 36.4 Å². The Balaban J connectivity index is 1.76. The van der Waals surface area contributed by atoms with Crippen molar-refractivity contribution in [1.82, 2.24) is 10.2 Å². The molecule has 0 spiro atoms. The zero-order valence-corrected chi connectivity index (χ0v) is 17.6. The predicted molar refractivity (Wildman–Crippen MR) is 108 cm³/mol. The van der Waals surface area contributed by atoms with E-state index in [2.05, 4.69) is 5.32 Å². The Hall–Kier alpha value is -2.03. The summed E-state index contributed by atoms with van der Waals surface area (Å²) in [6.07, 6.45) is -0.181. The van der Waals surface area contributed by atoms with Gasteiger partial charge < -0.3 is 10.2 Å². The van der Waals surface area contributed by atoms with Gasteiger partial charge >= 0.3 is 12.2 Å². The van der Waals surface area contributed by atoms with Gasteiger partial charge in [-0.15, -0.1) is 0 Å². The lowest BCUT2D eigenvalue weighted by atomic mass is 9.85. The molecule has 3 atom stereocenters. The Kier molecular flexibility index (Phi) is 6.79. The van der Waals surface area contributed by atoms with Crippen LogP contribution < -0.4 is 5.32 Å². The van der Waals surface area contributed by atoms with Crippen LogP contribution in [0.5, 0.6) is 0 Å². The maximum atomic E-state index is 13.1. The zero-order chi connectivity index (χ0) is 21.9. The second-order valence-corrected chi connectivity index (χ2v) is 10.2. The number of carbonyl (C=O) groups excluding carboxylic acids is 1. The van der Waals surface area contributed by atoms with E-state index in [4.69, 9.17) is 0 Å². The van der Waals surface area contributed by atoms with Crippen molar-refractivity contribution in [3.63, 3.8) is 0 Å². The molecule has 2 amide bonds. The molecule has 1 saturated heterocycles. The molecule has 0 aromatic heterocycles. The van der Waals surface area contributed by atoms with E-state index in [1.807, 2.05) is 18.2 Å². The molecule has 9 heteroatoms. The molecule has 1 aliphatic heterocycles. The Morgan fingerprint density at radius 2 is 1.90 bits per heavy atom. The number of piperidine rings is 1. The number of alkyl halides is 3. The second kappa shape index (κ2) is 8.99. The molecule has 1 heterocycles. The van der Waals surface area contributed by atoms with Gasteiger partial charge in [0.25, 0.3) is 0 Å². The molecular formula is C21H27F3N2O3S. The van der Waals surface area contributed by atoms with Crippen LogP contribution in [-0.4, -0.2) is 44.4 Å². The van der Waals surface area contributed by atoms with E-state index >= 15 is 0 Å². The van der Waals surface area contributed by atoms with E-state index in [-0.39, 0.29) is 31.3 Å². The Morgan fingerprint density at radius 3 is 2.47 bits per heavy atom. The molecule has 0 radical (unpaired) electrons.